The van der Waals surface area contributed by atoms with Crippen LogP contribution in [0.2, 0.25) is 0 Å². The summed E-state index contributed by atoms with van der Waals surface area (Å²) in [4.78, 5) is 12.3. The van der Waals surface area contributed by atoms with E-state index in [0.29, 0.717) is 16.3 Å². The Kier molecular flexibility index (Phi) is 4.70. The molecule has 0 aliphatic heterocycles. The molecule has 1 unspecified atom stereocenters. The monoisotopic (exact) mass is 306 g/mol. The molecule has 2 rings (SSSR count). The van der Waals surface area contributed by atoms with Crippen LogP contribution in [0.3, 0.4) is 0 Å². The van der Waals surface area contributed by atoms with E-state index in [4.69, 9.17) is 5.73 Å². The van der Waals surface area contributed by atoms with Crippen LogP contribution in [0.4, 0.5) is 15.8 Å². The van der Waals surface area contributed by atoms with E-state index in [1.165, 1.54) is 18.2 Å². The van der Waals surface area contributed by atoms with Gasteiger partial charge in [-0.15, -0.1) is 0 Å². The van der Waals surface area contributed by atoms with Gasteiger partial charge in [0.1, 0.15) is 11.6 Å². The van der Waals surface area contributed by atoms with Crippen LogP contribution in [0.15, 0.2) is 47.4 Å². The smallest absolute Gasteiger partial charge is 0.237 e. The molecule has 0 bridgehead atoms. The maximum absolute atomic E-state index is 13.0. The molecule has 1 amide bonds. The van der Waals surface area contributed by atoms with Crippen molar-refractivity contribution in [2.45, 2.75) is 11.8 Å². The number of carbonyl (C=O) groups excluding carboxylic acids is 1. The van der Waals surface area contributed by atoms with Crippen molar-refractivity contribution in [1.29, 1.82) is 0 Å². The first-order valence-corrected chi connectivity index (χ1v) is 7.57. The number of hydrogen-bond acceptors (Lipinski definition) is 3. The Morgan fingerprint density at radius 1 is 1.29 bits per heavy atom. The Hall–Kier alpha value is -2.21. The van der Waals surface area contributed by atoms with Crippen molar-refractivity contribution >= 4 is 28.1 Å². The lowest BCUT2D eigenvalue weighted by Gasteiger charge is -2.08. The minimum absolute atomic E-state index is 0.232. The highest BCUT2D eigenvalue weighted by Crippen LogP contribution is 2.18. The van der Waals surface area contributed by atoms with Gasteiger partial charge in [0.25, 0.3) is 0 Å². The summed E-state index contributed by atoms with van der Waals surface area (Å²) >= 11 is 0. The molecule has 4 nitrogen and oxygen atoms in total. The van der Waals surface area contributed by atoms with Crippen molar-refractivity contribution in [3.05, 3.63) is 53.8 Å². The van der Waals surface area contributed by atoms with Crippen molar-refractivity contribution in [3.63, 3.8) is 0 Å². The fraction of sp³-hybridized carbons (Fsp3) is 0.133. The number of aryl methyl sites for hydroxylation is 1. The number of amides is 1. The molecule has 0 aromatic heterocycles. The summed E-state index contributed by atoms with van der Waals surface area (Å²) in [5.74, 6) is -1.14. The molecule has 2 aromatic carbocycles. The van der Waals surface area contributed by atoms with Crippen LogP contribution in [0.5, 0.6) is 0 Å². The lowest BCUT2D eigenvalue weighted by Crippen LogP contribution is -2.20. The van der Waals surface area contributed by atoms with Crippen molar-refractivity contribution in [3.8, 4) is 0 Å². The SMILES string of the molecule is Cc1ccc(N)c(S(=O)CC(=O)Nc2cccc(F)c2)c1. The molecule has 2 aromatic rings. The number of carbonyl (C=O) groups is 1. The second-order valence-electron chi connectivity index (χ2n) is 4.59. The van der Waals surface area contributed by atoms with Crippen LogP contribution in [0.25, 0.3) is 0 Å². The highest BCUT2D eigenvalue weighted by molar-refractivity contribution is 7.86. The summed E-state index contributed by atoms with van der Waals surface area (Å²) in [6, 6.07) is 10.7. The molecule has 0 saturated heterocycles. The predicted octanol–water partition coefficient (Wildman–Crippen LogP) is 2.46. The van der Waals surface area contributed by atoms with E-state index >= 15 is 0 Å². The molecule has 3 N–H and O–H groups in total. The fourth-order valence-corrected chi connectivity index (χ4v) is 2.91. The van der Waals surface area contributed by atoms with E-state index < -0.39 is 22.5 Å². The highest BCUT2D eigenvalue weighted by Gasteiger charge is 2.13. The zero-order valence-electron chi connectivity index (χ0n) is 11.4. The first-order valence-electron chi connectivity index (χ1n) is 6.25. The predicted molar refractivity (Wildman–Crippen MR) is 81.9 cm³/mol. The van der Waals surface area contributed by atoms with Gasteiger partial charge in [0.15, 0.2) is 0 Å². The Morgan fingerprint density at radius 3 is 2.76 bits per heavy atom. The largest absolute Gasteiger partial charge is 0.398 e. The number of nitrogens with one attached hydrogen (secondary N) is 1. The van der Waals surface area contributed by atoms with Crippen molar-refractivity contribution in [2.75, 3.05) is 16.8 Å². The third kappa shape index (κ3) is 4.13. The number of nitrogens with two attached hydrogens (primary N) is 1. The number of anilines is 2. The third-order valence-corrected chi connectivity index (χ3v) is 4.15. The normalized spacial score (nSPS) is 11.9. The maximum atomic E-state index is 13.0. The fourth-order valence-electron chi connectivity index (χ4n) is 1.80. The molecule has 0 heterocycles. The van der Waals surface area contributed by atoms with E-state index in [0.717, 1.165) is 5.56 Å². The minimum atomic E-state index is -1.55. The summed E-state index contributed by atoms with van der Waals surface area (Å²) < 4.78 is 25.2. The molecule has 0 aliphatic carbocycles. The zero-order chi connectivity index (χ0) is 15.4. The summed E-state index contributed by atoms with van der Waals surface area (Å²) in [6.45, 7) is 1.85. The van der Waals surface area contributed by atoms with Crippen LogP contribution >= 0.6 is 0 Å². The number of benzene rings is 2. The van der Waals surface area contributed by atoms with Gasteiger partial charge in [-0.2, -0.15) is 0 Å². The van der Waals surface area contributed by atoms with Crippen LogP contribution in [-0.2, 0) is 15.6 Å². The molecular weight excluding hydrogens is 291 g/mol. The molecule has 110 valence electrons. The number of nitrogen functional groups attached to an aromatic ring is 1. The molecule has 1 atom stereocenters. The molecule has 21 heavy (non-hydrogen) atoms. The lowest BCUT2D eigenvalue weighted by molar-refractivity contribution is -0.113. The van der Waals surface area contributed by atoms with Crippen molar-refractivity contribution < 1.29 is 13.4 Å². The second-order valence-corrected chi connectivity index (χ2v) is 6.01. The molecule has 6 heteroatoms. The standard InChI is InChI=1S/C15H15FN2O2S/c1-10-5-6-13(17)14(7-10)21(20)9-15(19)18-12-4-2-3-11(16)8-12/h2-8H,9,17H2,1H3,(H,18,19). The van der Waals surface area contributed by atoms with Crippen molar-refractivity contribution in [1.82, 2.24) is 0 Å². The molecule has 0 saturated carbocycles. The van der Waals surface area contributed by atoms with Gasteiger partial charge in [-0.25, -0.2) is 4.39 Å². The highest BCUT2D eigenvalue weighted by atomic mass is 32.2. The molecule has 0 aliphatic rings. The van der Waals surface area contributed by atoms with Gasteiger partial charge in [0, 0.05) is 11.4 Å². The molecule has 0 fully saturated rings. The number of hydrogen-bond donors (Lipinski definition) is 2. The Morgan fingerprint density at radius 2 is 2.05 bits per heavy atom. The van der Waals surface area contributed by atoms with Crippen LogP contribution in [-0.4, -0.2) is 15.9 Å². The maximum Gasteiger partial charge on any atom is 0.237 e. The van der Waals surface area contributed by atoms with E-state index in [9.17, 15) is 13.4 Å². The van der Waals surface area contributed by atoms with Gasteiger partial charge >= 0.3 is 0 Å². The first-order chi connectivity index (χ1) is 9.95. The average molecular weight is 306 g/mol. The van der Waals surface area contributed by atoms with Crippen LogP contribution in [0.1, 0.15) is 5.56 Å². The topological polar surface area (TPSA) is 72.2 Å². The summed E-state index contributed by atoms with van der Waals surface area (Å²) in [7, 11) is -1.55. The van der Waals surface area contributed by atoms with Gasteiger partial charge in [-0.1, -0.05) is 12.1 Å². The first kappa shape index (κ1) is 15.2. The van der Waals surface area contributed by atoms with Gasteiger partial charge in [-0.3, -0.25) is 9.00 Å². The summed E-state index contributed by atoms with van der Waals surface area (Å²) in [5.41, 5.74) is 7.39. The summed E-state index contributed by atoms with van der Waals surface area (Å²) in [6.07, 6.45) is 0. The number of rotatable bonds is 4. The third-order valence-electron chi connectivity index (χ3n) is 2.78. The Labute approximate surface area is 124 Å². The Bertz CT molecular complexity index is 704. The average Bonchev–Trinajstić information content (AvgIpc) is 2.41. The Balaban J connectivity index is 2.05. The quantitative estimate of drug-likeness (QED) is 0.852. The van der Waals surface area contributed by atoms with Gasteiger partial charge in [-0.05, 0) is 42.8 Å². The van der Waals surface area contributed by atoms with Gasteiger partial charge in [0.2, 0.25) is 5.91 Å². The molecular formula is C15H15FN2O2S. The zero-order valence-corrected chi connectivity index (χ0v) is 12.2. The lowest BCUT2D eigenvalue weighted by atomic mass is 10.2. The van der Waals surface area contributed by atoms with Crippen LogP contribution in [0, 0.1) is 12.7 Å². The minimum Gasteiger partial charge on any atom is -0.398 e. The van der Waals surface area contributed by atoms with E-state index in [1.807, 2.05) is 13.0 Å². The van der Waals surface area contributed by atoms with E-state index in [1.54, 1.807) is 18.2 Å². The van der Waals surface area contributed by atoms with Crippen molar-refractivity contribution in [2.24, 2.45) is 0 Å². The molecule has 0 spiro atoms. The van der Waals surface area contributed by atoms with Gasteiger partial charge in [0.05, 0.1) is 15.7 Å². The van der Waals surface area contributed by atoms with E-state index in [2.05, 4.69) is 5.32 Å². The summed E-state index contributed by atoms with van der Waals surface area (Å²) in [5, 5.41) is 2.50. The second kappa shape index (κ2) is 6.49. The number of halogens is 1. The molecule has 0 radical (unpaired) electrons. The van der Waals surface area contributed by atoms with E-state index in [-0.39, 0.29) is 5.75 Å². The van der Waals surface area contributed by atoms with Gasteiger partial charge < -0.3 is 11.1 Å². The van der Waals surface area contributed by atoms with Crippen LogP contribution < -0.4 is 11.1 Å².